The van der Waals surface area contributed by atoms with Crippen LogP contribution in [0.4, 0.5) is 0 Å². The Morgan fingerprint density at radius 2 is 1.79 bits per heavy atom. The van der Waals surface area contributed by atoms with Crippen LogP contribution in [-0.2, 0) is 0 Å². The lowest BCUT2D eigenvalue weighted by molar-refractivity contribution is 0.380. The third kappa shape index (κ3) is 2.66. The minimum Gasteiger partial charge on any atom is -0.496 e. The third-order valence-electron chi connectivity index (χ3n) is 2.90. The van der Waals surface area contributed by atoms with Crippen molar-refractivity contribution in [2.75, 3.05) is 21.3 Å². The summed E-state index contributed by atoms with van der Waals surface area (Å²) in [6, 6.07) is 7.67. The number of rotatable bonds is 5. The molecule has 1 aromatic heterocycles. The van der Waals surface area contributed by atoms with Crippen LogP contribution < -0.4 is 14.8 Å². The number of ether oxygens (including phenoxy) is 2. The molecule has 5 heteroatoms. The highest BCUT2D eigenvalue weighted by molar-refractivity contribution is 5.41. The molecule has 100 valence electrons. The predicted octanol–water partition coefficient (Wildman–Crippen LogP) is 1.80. The van der Waals surface area contributed by atoms with Crippen LogP contribution >= 0.6 is 0 Å². The largest absolute Gasteiger partial charge is 0.496 e. The van der Waals surface area contributed by atoms with E-state index in [1.165, 1.54) is 0 Å². The predicted molar refractivity (Wildman–Crippen MR) is 72.5 cm³/mol. The van der Waals surface area contributed by atoms with E-state index in [4.69, 9.17) is 9.47 Å². The lowest BCUT2D eigenvalue weighted by Gasteiger charge is -2.19. The molecule has 0 saturated carbocycles. The molecule has 0 aliphatic carbocycles. The van der Waals surface area contributed by atoms with Gasteiger partial charge in [0.1, 0.15) is 11.4 Å². The standard InChI is InChI=1S/C14H17N3O2/c1-15-12(10-6-4-5-7-11(10)18-2)13-14(19-3)17-9-8-16-13/h4-9,12,15H,1-3H3. The Morgan fingerprint density at radius 3 is 2.47 bits per heavy atom. The lowest BCUT2D eigenvalue weighted by atomic mass is 10.0. The van der Waals surface area contributed by atoms with Gasteiger partial charge in [0.2, 0.25) is 5.88 Å². The summed E-state index contributed by atoms with van der Waals surface area (Å²) in [6.45, 7) is 0. The summed E-state index contributed by atoms with van der Waals surface area (Å²) in [6.07, 6.45) is 3.26. The van der Waals surface area contributed by atoms with Crippen LogP contribution in [0.15, 0.2) is 36.7 Å². The molecule has 1 atom stereocenters. The zero-order valence-corrected chi connectivity index (χ0v) is 11.3. The third-order valence-corrected chi connectivity index (χ3v) is 2.90. The molecule has 0 fully saturated rings. The normalized spacial score (nSPS) is 11.9. The van der Waals surface area contributed by atoms with Crippen LogP contribution in [0.1, 0.15) is 17.3 Å². The van der Waals surface area contributed by atoms with Gasteiger partial charge in [0.05, 0.1) is 20.3 Å². The Balaban J connectivity index is 2.50. The molecule has 0 spiro atoms. The van der Waals surface area contributed by atoms with E-state index in [1.807, 2.05) is 31.3 Å². The molecular weight excluding hydrogens is 242 g/mol. The Hall–Kier alpha value is -2.14. The summed E-state index contributed by atoms with van der Waals surface area (Å²) < 4.78 is 10.7. The average molecular weight is 259 g/mol. The maximum absolute atomic E-state index is 5.39. The Labute approximate surface area is 112 Å². The molecule has 0 aliphatic heterocycles. The van der Waals surface area contributed by atoms with Crippen molar-refractivity contribution in [1.29, 1.82) is 0 Å². The number of nitrogens with one attached hydrogen (secondary N) is 1. The zero-order chi connectivity index (χ0) is 13.7. The highest BCUT2D eigenvalue weighted by Gasteiger charge is 2.21. The fraction of sp³-hybridized carbons (Fsp3) is 0.286. The SMILES string of the molecule is CNC(c1ccccc1OC)c1nccnc1OC. The van der Waals surface area contributed by atoms with Crippen molar-refractivity contribution in [1.82, 2.24) is 15.3 Å². The van der Waals surface area contributed by atoms with E-state index in [1.54, 1.807) is 26.6 Å². The Morgan fingerprint density at radius 1 is 1.05 bits per heavy atom. The number of hydrogen-bond acceptors (Lipinski definition) is 5. The molecule has 1 aromatic carbocycles. The lowest BCUT2D eigenvalue weighted by Crippen LogP contribution is -2.20. The van der Waals surface area contributed by atoms with Gasteiger partial charge in [-0.25, -0.2) is 4.98 Å². The van der Waals surface area contributed by atoms with Crippen molar-refractivity contribution in [3.63, 3.8) is 0 Å². The molecule has 19 heavy (non-hydrogen) atoms. The van der Waals surface area contributed by atoms with Crippen molar-refractivity contribution in [3.8, 4) is 11.6 Å². The smallest absolute Gasteiger partial charge is 0.237 e. The summed E-state index contributed by atoms with van der Waals surface area (Å²) in [5, 5.41) is 3.22. The Kier molecular flexibility index (Phi) is 4.30. The molecule has 0 radical (unpaired) electrons. The first-order valence-electron chi connectivity index (χ1n) is 5.97. The first-order valence-corrected chi connectivity index (χ1v) is 5.97. The maximum Gasteiger partial charge on any atom is 0.237 e. The molecule has 0 saturated heterocycles. The quantitative estimate of drug-likeness (QED) is 0.887. The summed E-state index contributed by atoms with van der Waals surface area (Å²) in [4.78, 5) is 8.55. The number of aromatic nitrogens is 2. The molecule has 2 aromatic rings. The van der Waals surface area contributed by atoms with Gasteiger partial charge in [-0.1, -0.05) is 18.2 Å². The van der Waals surface area contributed by atoms with Crippen molar-refractivity contribution < 1.29 is 9.47 Å². The van der Waals surface area contributed by atoms with E-state index in [9.17, 15) is 0 Å². The van der Waals surface area contributed by atoms with Gasteiger partial charge >= 0.3 is 0 Å². The number of benzene rings is 1. The van der Waals surface area contributed by atoms with Crippen LogP contribution in [0, 0.1) is 0 Å². The molecule has 1 N–H and O–H groups in total. The fourth-order valence-corrected chi connectivity index (χ4v) is 2.04. The van der Waals surface area contributed by atoms with Crippen molar-refractivity contribution in [2.24, 2.45) is 0 Å². The molecule has 1 unspecified atom stereocenters. The second-order valence-electron chi connectivity index (χ2n) is 3.91. The highest BCUT2D eigenvalue weighted by atomic mass is 16.5. The van der Waals surface area contributed by atoms with Crippen molar-refractivity contribution >= 4 is 0 Å². The summed E-state index contributed by atoms with van der Waals surface area (Å²) >= 11 is 0. The van der Waals surface area contributed by atoms with Gasteiger partial charge in [-0.3, -0.25) is 4.98 Å². The van der Waals surface area contributed by atoms with Crippen LogP contribution in [-0.4, -0.2) is 31.2 Å². The fourth-order valence-electron chi connectivity index (χ4n) is 2.04. The van der Waals surface area contributed by atoms with E-state index in [0.717, 1.165) is 17.0 Å². The monoisotopic (exact) mass is 259 g/mol. The van der Waals surface area contributed by atoms with Gasteiger partial charge in [0.15, 0.2) is 0 Å². The number of para-hydroxylation sites is 1. The van der Waals surface area contributed by atoms with Crippen molar-refractivity contribution in [3.05, 3.63) is 47.9 Å². The van der Waals surface area contributed by atoms with Crippen LogP contribution in [0.2, 0.25) is 0 Å². The maximum atomic E-state index is 5.39. The van der Waals surface area contributed by atoms with Crippen molar-refractivity contribution in [2.45, 2.75) is 6.04 Å². The molecule has 0 bridgehead atoms. The molecule has 2 rings (SSSR count). The molecular formula is C14H17N3O2. The van der Waals surface area contributed by atoms with E-state index >= 15 is 0 Å². The van der Waals surface area contributed by atoms with Gasteiger partial charge in [-0.05, 0) is 13.1 Å². The second-order valence-corrected chi connectivity index (χ2v) is 3.91. The molecule has 0 amide bonds. The average Bonchev–Trinajstić information content (AvgIpc) is 2.49. The van der Waals surface area contributed by atoms with Gasteiger partial charge in [0.25, 0.3) is 0 Å². The number of hydrogen-bond donors (Lipinski definition) is 1. The summed E-state index contributed by atoms with van der Waals surface area (Å²) in [5.41, 5.74) is 1.73. The van der Waals surface area contributed by atoms with E-state index < -0.39 is 0 Å². The van der Waals surface area contributed by atoms with Crippen LogP contribution in [0.25, 0.3) is 0 Å². The number of methoxy groups -OCH3 is 2. The Bertz CT molecular complexity index is 498. The summed E-state index contributed by atoms with van der Waals surface area (Å²) in [5.74, 6) is 1.31. The first-order chi connectivity index (χ1) is 9.31. The topological polar surface area (TPSA) is 56.3 Å². The van der Waals surface area contributed by atoms with Gasteiger partial charge in [-0.15, -0.1) is 0 Å². The van der Waals surface area contributed by atoms with E-state index in [2.05, 4.69) is 15.3 Å². The van der Waals surface area contributed by atoms with Gasteiger partial charge < -0.3 is 14.8 Å². The van der Waals surface area contributed by atoms with Crippen LogP contribution in [0.5, 0.6) is 11.6 Å². The van der Waals surface area contributed by atoms with E-state index in [0.29, 0.717) is 5.88 Å². The molecule has 5 nitrogen and oxygen atoms in total. The minimum atomic E-state index is -0.139. The molecule has 0 aliphatic rings. The first kappa shape index (κ1) is 13.3. The zero-order valence-electron chi connectivity index (χ0n) is 11.3. The summed E-state index contributed by atoms with van der Waals surface area (Å²) in [7, 11) is 5.10. The minimum absolute atomic E-state index is 0.139. The van der Waals surface area contributed by atoms with Gasteiger partial charge in [-0.2, -0.15) is 0 Å². The molecule has 1 heterocycles. The van der Waals surface area contributed by atoms with Gasteiger partial charge in [0, 0.05) is 18.0 Å². The van der Waals surface area contributed by atoms with Crippen LogP contribution in [0.3, 0.4) is 0 Å². The second kappa shape index (κ2) is 6.15. The highest BCUT2D eigenvalue weighted by Crippen LogP contribution is 2.31. The number of nitrogens with zero attached hydrogens (tertiary/aromatic N) is 2. The van der Waals surface area contributed by atoms with E-state index in [-0.39, 0.29) is 6.04 Å².